The first-order valence-corrected chi connectivity index (χ1v) is 7.26. The molecule has 0 fully saturated rings. The lowest BCUT2D eigenvalue weighted by atomic mass is 9.88. The fraction of sp³-hybridized carbons (Fsp3) is 0.188. The van der Waals surface area contributed by atoms with Crippen LogP contribution in [0.15, 0.2) is 69.3 Å². The topological polar surface area (TPSA) is 41.8 Å². The maximum atomic E-state index is 12.6. The fourth-order valence-electron chi connectivity index (χ4n) is 2.41. The van der Waals surface area contributed by atoms with Crippen LogP contribution in [0.3, 0.4) is 0 Å². The molecule has 0 spiro atoms. The van der Waals surface area contributed by atoms with Gasteiger partial charge in [-0.25, -0.2) is 0 Å². The third-order valence-corrected chi connectivity index (χ3v) is 4.02. The van der Waals surface area contributed by atoms with E-state index in [0.717, 1.165) is 10.0 Å². The minimum Gasteiger partial charge on any atom is -0.292 e. The predicted molar refractivity (Wildman–Crippen MR) is 81.2 cm³/mol. The number of hydrogen-bond acceptors (Lipinski definition) is 3. The van der Waals surface area contributed by atoms with Gasteiger partial charge in [-0.1, -0.05) is 58.4 Å². The van der Waals surface area contributed by atoms with Crippen molar-refractivity contribution >= 4 is 21.7 Å². The smallest absolute Gasteiger partial charge is 0.189 e. The molecule has 100 valence electrons. The van der Waals surface area contributed by atoms with Crippen molar-refractivity contribution in [1.82, 2.24) is 0 Å². The number of nitrogens with zero attached hydrogens (tertiary/aromatic N) is 2. The summed E-state index contributed by atoms with van der Waals surface area (Å²) in [5, 5.41) is 8.24. The summed E-state index contributed by atoms with van der Waals surface area (Å²) in [6.45, 7) is 0.580. The largest absolute Gasteiger partial charge is 0.292 e. The van der Waals surface area contributed by atoms with E-state index in [1.807, 2.05) is 54.6 Å². The van der Waals surface area contributed by atoms with Crippen LogP contribution in [0.25, 0.3) is 0 Å². The number of rotatable bonds is 3. The van der Waals surface area contributed by atoms with Crippen molar-refractivity contribution in [2.24, 2.45) is 10.2 Å². The van der Waals surface area contributed by atoms with Crippen LogP contribution in [0.2, 0.25) is 0 Å². The maximum Gasteiger partial charge on any atom is 0.189 e. The Kier molecular flexibility index (Phi) is 3.74. The van der Waals surface area contributed by atoms with Crippen molar-refractivity contribution in [2.45, 2.75) is 12.0 Å². The third-order valence-electron chi connectivity index (χ3n) is 3.49. The van der Waals surface area contributed by atoms with E-state index < -0.39 is 6.04 Å². The van der Waals surface area contributed by atoms with E-state index in [1.54, 1.807) is 0 Å². The average molecular weight is 329 g/mol. The first kappa shape index (κ1) is 13.2. The monoisotopic (exact) mass is 328 g/mol. The van der Waals surface area contributed by atoms with Crippen LogP contribution >= 0.6 is 15.9 Å². The lowest BCUT2D eigenvalue weighted by Crippen LogP contribution is -2.24. The molecular formula is C16H13BrN2O. The Labute approximate surface area is 125 Å². The molecule has 0 amide bonds. The number of Topliss-reactive ketones (excluding diaryl/α,β-unsaturated/α-hetero) is 1. The van der Waals surface area contributed by atoms with Gasteiger partial charge in [-0.2, -0.15) is 10.2 Å². The molecule has 0 unspecified atom stereocenters. The van der Waals surface area contributed by atoms with Crippen molar-refractivity contribution in [3.05, 3.63) is 70.2 Å². The molecule has 20 heavy (non-hydrogen) atoms. The first-order valence-electron chi connectivity index (χ1n) is 6.47. The van der Waals surface area contributed by atoms with Gasteiger partial charge in [0.05, 0.1) is 6.54 Å². The summed E-state index contributed by atoms with van der Waals surface area (Å²) in [5.74, 6) is 0.0833. The molecule has 0 saturated carbocycles. The number of halogens is 1. The van der Waals surface area contributed by atoms with Crippen LogP contribution in [0.5, 0.6) is 0 Å². The summed E-state index contributed by atoms with van der Waals surface area (Å²) in [6, 6.07) is 17.0. The summed E-state index contributed by atoms with van der Waals surface area (Å²) in [6.07, 6.45) is 0. The van der Waals surface area contributed by atoms with Crippen LogP contribution in [-0.2, 0) is 0 Å². The minimum atomic E-state index is -0.404. The third kappa shape index (κ3) is 2.56. The molecular weight excluding hydrogens is 316 g/mol. The lowest BCUT2D eigenvalue weighted by Gasteiger charge is -2.15. The zero-order valence-electron chi connectivity index (χ0n) is 10.7. The molecule has 0 radical (unpaired) electrons. The Morgan fingerprint density at radius 3 is 2.45 bits per heavy atom. The summed E-state index contributed by atoms with van der Waals surface area (Å²) in [7, 11) is 0. The van der Waals surface area contributed by atoms with E-state index in [4.69, 9.17) is 0 Å². The van der Waals surface area contributed by atoms with Crippen LogP contribution in [0.1, 0.15) is 21.8 Å². The van der Waals surface area contributed by atoms with E-state index >= 15 is 0 Å². The van der Waals surface area contributed by atoms with Crippen molar-refractivity contribution in [1.29, 1.82) is 0 Å². The van der Waals surface area contributed by atoms with E-state index in [1.165, 1.54) is 0 Å². The van der Waals surface area contributed by atoms with Gasteiger partial charge in [0, 0.05) is 16.0 Å². The Morgan fingerprint density at radius 1 is 1.05 bits per heavy atom. The number of benzene rings is 2. The highest BCUT2D eigenvalue weighted by atomic mass is 79.9. The van der Waals surface area contributed by atoms with Gasteiger partial charge in [0.2, 0.25) is 0 Å². The quantitative estimate of drug-likeness (QED) is 0.776. The molecule has 2 aromatic rings. The summed E-state index contributed by atoms with van der Waals surface area (Å²) in [5.41, 5.74) is 1.80. The van der Waals surface area contributed by atoms with Crippen LogP contribution < -0.4 is 0 Å². The molecule has 2 atom stereocenters. The second kappa shape index (κ2) is 5.67. The average Bonchev–Trinajstić information content (AvgIpc) is 2.97. The van der Waals surface area contributed by atoms with Crippen molar-refractivity contribution < 1.29 is 4.79 Å². The van der Waals surface area contributed by atoms with E-state index in [-0.39, 0.29) is 11.7 Å². The first-order chi connectivity index (χ1) is 9.75. The summed E-state index contributed by atoms with van der Waals surface area (Å²) < 4.78 is 0.960. The Bertz CT molecular complexity index is 637. The molecule has 1 heterocycles. The Morgan fingerprint density at radius 2 is 1.75 bits per heavy atom. The normalized spacial score (nSPS) is 21.1. The number of ketones is 1. The van der Waals surface area contributed by atoms with Crippen LogP contribution in [0.4, 0.5) is 0 Å². The van der Waals surface area contributed by atoms with Crippen LogP contribution in [0, 0.1) is 0 Å². The molecule has 0 bridgehead atoms. The van der Waals surface area contributed by atoms with Gasteiger partial charge in [0.15, 0.2) is 5.78 Å². The number of azo groups is 1. The second-order valence-electron chi connectivity index (χ2n) is 4.77. The van der Waals surface area contributed by atoms with Gasteiger partial charge in [0.1, 0.15) is 6.04 Å². The molecule has 0 N–H and O–H groups in total. The zero-order chi connectivity index (χ0) is 13.9. The standard InChI is InChI=1S/C16H13BrN2O/c17-13-8-6-12(7-9-13)16(20)15-14(10-18-19-15)11-4-2-1-3-5-11/h1-9,14-15H,10H2/t14-,15+/m1/s1. The molecule has 3 rings (SSSR count). The fourth-order valence-corrected chi connectivity index (χ4v) is 2.68. The number of carbonyl (C=O) groups excluding carboxylic acids is 1. The zero-order valence-corrected chi connectivity index (χ0v) is 12.3. The summed E-state index contributed by atoms with van der Waals surface area (Å²) in [4.78, 5) is 12.6. The highest BCUT2D eigenvalue weighted by Crippen LogP contribution is 2.30. The molecule has 1 aliphatic rings. The predicted octanol–water partition coefficient (Wildman–Crippen LogP) is 4.25. The molecule has 0 aromatic heterocycles. The van der Waals surface area contributed by atoms with Gasteiger partial charge < -0.3 is 0 Å². The van der Waals surface area contributed by atoms with Gasteiger partial charge in [-0.05, 0) is 17.7 Å². The van der Waals surface area contributed by atoms with E-state index in [9.17, 15) is 4.79 Å². The minimum absolute atomic E-state index is 0.0348. The maximum absolute atomic E-state index is 12.6. The lowest BCUT2D eigenvalue weighted by molar-refractivity contribution is 0.0956. The van der Waals surface area contributed by atoms with Crippen molar-refractivity contribution in [2.75, 3.05) is 6.54 Å². The van der Waals surface area contributed by atoms with Gasteiger partial charge >= 0.3 is 0 Å². The molecule has 2 aromatic carbocycles. The molecule has 3 nitrogen and oxygen atoms in total. The number of hydrogen-bond donors (Lipinski definition) is 0. The van der Waals surface area contributed by atoms with Crippen LogP contribution in [-0.4, -0.2) is 18.4 Å². The second-order valence-corrected chi connectivity index (χ2v) is 5.69. The Balaban J connectivity index is 1.87. The molecule has 4 heteroatoms. The van der Waals surface area contributed by atoms with Gasteiger partial charge in [0.25, 0.3) is 0 Å². The summed E-state index contributed by atoms with van der Waals surface area (Å²) >= 11 is 3.37. The van der Waals surface area contributed by atoms with Gasteiger partial charge in [-0.15, -0.1) is 0 Å². The van der Waals surface area contributed by atoms with E-state index in [0.29, 0.717) is 12.1 Å². The van der Waals surface area contributed by atoms with Gasteiger partial charge in [-0.3, -0.25) is 4.79 Å². The molecule has 0 aliphatic carbocycles. The highest BCUT2D eigenvalue weighted by molar-refractivity contribution is 9.10. The number of carbonyl (C=O) groups is 1. The SMILES string of the molecule is O=C(c1ccc(Br)cc1)[C@H]1N=NC[C@@H]1c1ccccc1. The van der Waals surface area contributed by atoms with Crippen molar-refractivity contribution in [3.8, 4) is 0 Å². The molecule has 0 saturated heterocycles. The highest BCUT2D eigenvalue weighted by Gasteiger charge is 2.33. The Hall–Kier alpha value is -1.81. The molecule has 1 aliphatic heterocycles. The van der Waals surface area contributed by atoms with E-state index in [2.05, 4.69) is 26.2 Å². The van der Waals surface area contributed by atoms with Crippen molar-refractivity contribution in [3.63, 3.8) is 0 Å².